The van der Waals surface area contributed by atoms with Gasteiger partial charge in [-0.05, 0) is 90.9 Å². The zero-order valence-corrected chi connectivity index (χ0v) is 40.2. The van der Waals surface area contributed by atoms with Gasteiger partial charge in [0, 0.05) is 35.1 Å². The van der Waals surface area contributed by atoms with Crippen molar-refractivity contribution in [1.29, 1.82) is 0 Å². The maximum atomic E-state index is 13.5. The van der Waals surface area contributed by atoms with E-state index < -0.39 is 68.3 Å². The first-order chi connectivity index (χ1) is 25.7. The van der Waals surface area contributed by atoms with Crippen molar-refractivity contribution in [3.63, 3.8) is 0 Å². The van der Waals surface area contributed by atoms with Gasteiger partial charge < -0.3 is 29.6 Å². The van der Waals surface area contributed by atoms with Crippen LogP contribution in [0.2, 0.25) is 0 Å². The van der Waals surface area contributed by atoms with E-state index in [9.17, 15) is 53.3 Å². The number of hydrazone groups is 1. The van der Waals surface area contributed by atoms with Crippen LogP contribution in [0.15, 0.2) is 92.6 Å². The summed E-state index contributed by atoms with van der Waals surface area (Å²) in [4.78, 5) is 39.1. The molecule has 3 amide bonds. The number of nitrogens with zero attached hydrogens (tertiary/aromatic N) is 2. The van der Waals surface area contributed by atoms with E-state index in [1.165, 1.54) is 62.4 Å². The van der Waals surface area contributed by atoms with E-state index in [4.69, 9.17) is 0 Å². The van der Waals surface area contributed by atoms with Crippen LogP contribution in [-0.2, 0) is 35.1 Å². The predicted molar refractivity (Wildman–Crippen MR) is 199 cm³/mol. The number of amides is 3. The van der Waals surface area contributed by atoms with Gasteiger partial charge in [-0.1, -0.05) is 6.07 Å². The van der Waals surface area contributed by atoms with Gasteiger partial charge in [0.2, 0.25) is 11.7 Å². The molecule has 4 N–H and O–H groups in total. The zero-order valence-electron chi connectivity index (χ0n) is 30.9. The molecule has 0 aliphatic heterocycles. The summed E-state index contributed by atoms with van der Waals surface area (Å²) in [5.74, 6) is -1.36. The average Bonchev–Trinajstić information content (AvgIpc) is 3.51. The van der Waals surface area contributed by atoms with E-state index in [0.717, 1.165) is 29.5 Å². The molecule has 25 heteroatoms. The number of anilines is 4. The topological polar surface area (TPSA) is 296 Å². The molecule has 0 spiro atoms. The number of thiazole rings is 1. The van der Waals surface area contributed by atoms with Crippen LogP contribution in [0.25, 0.3) is 26.9 Å². The van der Waals surface area contributed by atoms with Crippen LogP contribution in [0.5, 0.6) is 0 Å². The van der Waals surface area contributed by atoms with Crippen molar-refractivity contribution in [2.24, 2.45) is 5.10 Å². The molecule has 0 saturated heterocycles. The minimum atomic E-state index is -5.41. The second kappa shape index (κ2) is 19.2. The van der Waals surface area contributed by atoms with Crippen LogP contribution in [0.1, 0.15) is 28.4 Å². The Balaban J connectivity index is 0.00000300. The summed E-state index contributed by atoms with van der Waals surface area (Å²) >= 11 is 0.755. The monoisotopic (exact) mass is 892 g/mol. The number of carbonyl (C=O) groups is 3. The summed E-state index contributed by atoms with van der Waals surface area (Å²) in [7, 11) is -15.6. The van der Waals surface area contributed by atoms with Gasteiger partial charge in [-0.15, -0.1) is 11.3 Å². The Hall–Kier alpha value is -2.88. The van der Waals surface area contributed by atoms with E-state index in [1.54, 1.807) is 12.1 Å². The minimum absolute atomic E-state index is 0. The molecule has 1 aromatic heterocycles. The third-order valence-electron chi connectivity index (χ3n) is 7.77. The van der Waals surface area contributed by atoms with Crippen LogP contribution < -0.4 is 110 Å². The van der Waals surface area contributed by atoms with E-state index in [-0.39, 0.29) is 138 Å². The molecular weight excluding hydrogens is 870 g/mol. The average molecular weight is 893 g/mol. The third kappa shape index (κ3) is 11.3. The number of rotatable bonds is 9. The van der Waals surface area contributed by atoms with Gasteiger partial charge >= 0.3 is 94.7 Å². The number of nitrogens with one attached hydrogen (secondary N) is 4. The smallest absolute Gasteiger partial charge is 0.744 e. The van der Waals surface area contributed by atoms with Crippen molar-refractivity contribution in [2.45, 2.75) is 23.6 Å². The fraction of sp³-hybridized carbons (Fsp3) is 0.0606. The van der Waals surface area contributed by atoms with E-state index >= 15 is 0 Å². The number of benzene rings is 4. The fourth-order valence-electron chi connectivity index (χ4n) is 5.42. The standard InChI is InChI=1S/C33H26N6O12S4.3Na/c1-16-3-11-25-30(31(16)55(49,50)51)52-32(37-25)18-4-12-24(26(14-18)53(43,44)45)38-39-28-27(54(46,47)48)15-19-13-22(9-10-23(19)29(28)41)36-33(42)35-21-7-5-20(6-8-21)34-17(2)40;;;/h3-15,38H,1-2H3,(H,34,40)(H2,35,36,42)(H,43,44,45)(H,46,47,48)(H,49,50,51);;;/q;3*+1/p-3/b39-28+;;;. The number of hydrogen-bond acceptors (Lipinski definition) is 16. The molecule has 6 rings (SSSR count). The van der Waals surface area contributed by atoms with Crippen molar-refractivity contribution in [1.82, 2.24) is 4.98 Å². The van der Waals surface area contributed by atoms with Crippen LogP contribution in [0, 0.1) is 6.92 Å². The number of fused-ring (bicyclic) bond motifs is 2. The van der Waals surface area contributed by atoms with Gasteiger partial charge in [0.05, 0.1) is 30.6 Å². The molecule has 0 atom stereocenters. The molecule has 0 bridgehead atoms. The van der Waals surface area contributed by atoms with E-state index in [1.807, 2.05) is 0 Å². The van der Waals surface area contributed by atoms with Gasteiger partial charge in [0.15, 0.2) is 0 Å². The van der Waals surface area contributed by atoms with Gasteiger partial charge in [-0.2, -0.15) is 5.10 Å². The predicted octanol–water partition coefficient (Wildman–Crippen LogP) is -4.76. The fourth-order valence-corrected chi connectivity index (χ4v) is 9.00. The van der Waals surface area contributed by atoms with Gasteiger partial charge in [0.1, 0.15) is 41.1 Å². The summed E-state index contributed by atoms with van der Waals surface area (Å²) in [6.07, 6.45) is 0.836. The Labute approximate surface area is 401 Å². The molecule has 4 aromatic carbocycles. The Morgan fingerprint density at radius 2 is 1.34 bits per heavy atom. The van der Waals surface area contributed by atoms with Crippen LogP contribution in [-0.4, -0.2) is 67.3 Å². The van der Waals surface area contributed by atoms with Crippen LogP contribution >= 0.6 is 11.3 Å². The van der Waals surface area contributed by atoms with E-state index in [0.29, 0.717) is 11.4 Å². The summed E-state index contributed by atoms with van der Waals surface area (Å²) in [5.41, 5.74) is 1.74. The summed E-state index contributed by atoms with van der Waals surface area (Å²) in [6.45, 7) is 2.75. The summed E-state index contributed by atoms with van der Waals surface area (Å²) < 4.78 is 110. The SMILES string of the molecule is CC(=O)Nc1ccc(NC(=O)Nc2ccc3c(c2)C=C(S(=O)(=O)[O-])/C(=N\Nc2ccc(-c4nc5ccc(C)c(S(=O)(=O)[O-])c5s4)cc2S(=O)(=O)[O-])C3=O)cc1.[Na+].[Na+].[Na+]. The molecule has 1 aliphatic carbocycles. The maximum Gasteiger partial charge on any atom is 1.00 e. The van der Waals surface area contributed by atoms with Crippen molar-refractivity contribution < 1.29 is 142 Å². The number of aryl methyl sites for hydroxylation is 1. The largest absolute Gasteiger partial charge is 1.00 e. The van der Waals surface area contributed by atoms with Crippen LogP contribution in [0.4, 0.5) is 27.5 Å². The molecule has 0 radical (unpaired) electrons. The number of ketones is 1. The van der Waals surface area contributed by atoms with Crippen molar-refractivity contribution >= 4 is 104 Å². The first kappa shape index (κ1) is 49.5. The van der Waals surface area contributed by atoms with Crippen molar-refractivity contribution in [2.75, 3.05) is 21.4 Å². The number of carbonyl (C=O) groups excluding carboxylic acids is 3. The zero-order chi connectivity index (χ0) is 40.0. The molecule has 5 aromatic rings. The number of urea groups is 1. The summed E-state index contributed by atoms with van der Waals surface area (Å²) in [6, 6.07) is 15.2. The van der Waals surface area contributed by atoms with E-state index in [2.05, 4.69) is 31.5 Å². The Morgan fingerprint density at radius 1 is 0.741 bits per heavy atom. The van der Waals surface area contributed by atoms with Gasteiger partial charge in [-0.3, -0.25) is 15.0 Å². The minimum Gasteiger partial charge on any atom is -0.744 e. The van der Waals surface area contributed by atoms with Crippen molar-refractivity contribution in [3.8, 4) is 10.6 Å². The maximum absolute atomic E-state index is 13.5. The Kier molecular flexibility index (Phi) is 16.4. The number of hydrogen-bond donors (Lipinski definition) is 4. The molecule has 1 heterocycles. The Bertz CT molecular complexity index is 2890. The quantitative estimate of drug-likeness (QED) is 0.0614. The molecule has 58 heavy (non-hydrogen) atoms. The molecular formula is C33H23N6Na3O12S4. The molecule has 284 valence electrons. The molecule has 0 fully saturated rings. The third-order valence-corrected chi connectivity index (χ3v) is 11.8. The Morgan fingerprint density at radius 3 is 1.93 bits per heavy atom. The summed E-state index contributed by atoms with van der Waals surface area (Å²) in [5, 5.41) is 11.4. The normalized spacial score (nSPS) is 13.2. The second-order valence-electron chi connectivity index (χ2n) is 11.7. The molecule has 1 aliphatic rings. The van der Waals surface area contributed by atoms with Crippen LogP contribution in [0.3, 0.4) is 0 Å². The first-order valence-corrected chi connectivity index (χ1v) is 20.4. The molecule has 0 unspecified atom stereocenters. The van der Waals surface area contributed by atoms with Gasteiger partial charge in [0.25, 0.3) is 0 Å². The first-order valence-electron chi connectivity index (χ1n) is 15.3. The number of aromatic nitrogens is 1. The van der Waals surface area contributed by atoms with Crippen molar-refractivity contribution in [3.05, 3.63) is 94.4 Å². The second-order valence-corrected chi connectivity index (χ2v) is 16.7. The number of Topliss-reactive ketones (excluding diaryl/α,β-unsaturated/α-hetero) is 1. The van der Waals surface area contributed by atoms with Gasteiger partial charge in [-0.25, -0.2) is 35.0 Å². The molecule has 0 saturated carbocycles. The molecule has 18 nitrogen and oxygen atoms in total. The number of allylic oxidation sites excluding steroid dienone is 1.